The van der Waals surface area contributed by atoms with Gasteiger partial charge in [-0.05, 0) is 6.92 Å². The Morgan fingerprint density at radius 1 is 1.80 bits per heavy atom. The highest BCUT2D eigenvalue weighted by Gasteiger charge is 2.27. The van der Waals surface area contributed by atoms with Crippen LogP contribution in [0.3, 0.4) is 0 Å². The van der Waals surface area contributed by atoms with E-state index in [1.807, 2.05) is 0 Å². The summed E-state index contributed by atoms with van der Waals surface area (Å²) in [6, 6.07) is -0.0775. The van der Waals surface area contributed by atoms with Gasteiger partial charge in [0.2, 0.25) is 0 Å². The Hall–Kier alpha value is -0.610. The molecule has 0 aromatic heterocycles. The summed E-state index contributed by atoms with van der Waals surface area (Å²) in [5, 5.41) is 11.6. The van der Waals surface area contributed by atoms with E-state index in [1.54, 1.807) is 6.92 Å². The number of hydrogen-bond donors (Lipinski definition) is 2. The molecule has 1 saturated heterocycles. The van der Waals surface area contributed by atoms with Crippen molar-refractivity contribution in [3.05, 3.63) is 0 Å². The topological polar surface area (TPSA) is 58.6 Å². The number of aliphatic carboxylic acids is 1. The highest BCUT2D eigenvalue weighted by Crippen LogP contribution is 2.03. The maximum atomic E-state index is 10.4. The van der Waals surface area contributed by atoms with Gasteiger partial charge in [0.05, 0.1) is 6.61 Å². The SMILES string of the molecule is C[C@@H]1NCCOC1C(=O)O. The number of hydrogen-bond acceptors (Lipinski definition) is 3. The second-order valence-electron chi connectivity index (χ2n) is 2.37. The van der Waals surface area contributed by atoms with Gasteiger partial charge in [-0.15, -0.1) is 0 Å². The third kappa shape index (κ3) is 1.46. The van der Waals surface area contributed by atoms with E-state index in [2.05, 4.69) is 5.32 Å². The largest absolute Gasteiger partial charge is 0.479 e. The van der Waals surface area contributed by atoms with Gasteiger partial charge >= 0.3 is 5.97 Å². The number of nitrogens with one attached hydrogen (secondary N) is 1. The number of rotatable bonds is 1. The monoisotopic (exact) mass is 145 g/mol. The van der Waals surface area contributed by atoms with Crippen molar-refractivity contribution in [2.45, 2.75) is 19.1 Å². The Balaban J connectivity index is 2.47. The van der Waals surface area contributed by atoms with Crippen molar-refractivity contribution in [2.75, 3.05) is 13.2 Å². The molecule has 1 unspecified atom stereocenters. The zero-order valence-corrected chi connectivity index (χ0v) is 5.83. The van der Waals surface area contributed by atoms with Crippen LogP contribution in [0.15, 0.2) is 0 Å². The minimum absolute atomic E-state index is 0.0775. The normalized spacial score (nSPS) is 33.7. The fourth-order valence-electron chi connectivity index (χ4n) is 1.01. The molecular formula is C6H11NO3. The van der Waals surface area contributed by atoms with E-state index in [1.165, 1.54) is 0 Å². The third-order valence-electron chi connectivity index (χ3n) is 1.56. The van der Waals surface area contributed by atoms with E-state index < -0.39 is 12.1 Å². The van der Waals surface area contributed by atoms with Crippen LogP contribution in [0.2, 0.25) is 0 Å². The van der Waals surface area contributed by atoms with Crippen molar-refractivity contribution in [1.29, 1.82) is 0 Å². The van der Waals surface area contributed by atoms with Crippen molar-refractivity contribution >= 4 is 5.97 Å². The fraction of sp³-hybridized carbons (Fsp3) is 0.833. The maximum Gasteiger partial charge on any atom is 0.334 e. The van der Waals surface area contributed by atoms with Crippen LogP contribution >= 0.6 is 0 Å². The highest BCUT2D eigenvalue weighted by molar-refractivity contribution is 5.73. The number of ether oxygens (including phenoxy) is 1. The lowest BCUT2D eigenvalue weighted by Crippen LogP contribution is -2.50. The molecule has 0 saturated carbocycles. The second-order valence-corrected chi connectivity index (χ2v) is 2.37. The number of morpholine rings is 1. The molecule has 0 aliphatic carbocycles. The number of carboxylic acid groups (broad SMARTS) is 1. The van der Waals surface area contributed by atoms with Gasteiger partial charge in [0.15, 0.2) is 6.10 Å². The molecule has 1 rings (SSSR count). The van der Waals surface area contributed by atoms with Crippen molar-refractivity contribution < 1.29 is 14.6 Å². The van der Waals surface area contributed by atoms with E-state index in [9.17, 15) is 4.79 Å². The first-order valence-corrected chi connectivity index (χ1v) is 3.29. The van der Waals surface area contributed by atoms with E-state index in [0.29, 0.717) is 6.61 Å². The molecular weight excluding hydrogens is 134 g/mol. The van der Waals surface area contributed by atoms with Gasteiger partial charge in [0.1, 0.15) is 0 Å². The van der Waals surface area contributed by atoms with Gasteiger partial charge in [-0.25, -0.2) is 4.79 Å². The summed E-state index contributed by atoms with van der Waals surface area (Å²) in [5.74, 6) is -0.889. The van der Waals surface area contributed by atoms with Crippen LogP contribution in [0.4, 0.5) is 0 Å². The van der Waals surface area contributed by atoms with Crippen LogP contribution in [0.1, 0.15) is 6.92 Å². The van der Waals surface area contributed by atoms with Gasteiger partial charge in [0, 0.05) is 12.6 Å². The van der Waals surface area contributed by atoms with Crippen molar-refractivity contribution in [3.8, 4) is 0 Å². The standard InChI is InChI=1S/C6H11NO3/c1-4-5(6(8)9)10-3-2-7-4/h4-5,7H,2-3H2,1H3,(H,8,9)/t4-,5?/m0/s1. The third-order valence-corrected chi connectivity index (χ3v) is 1.56. The number of carboxylic acids is 1. The Morgan fingerprint density at radius 3 is 2.90 bits per heavy atom. The molecule has 2 atom stereocenters. The summed E-state index contributed by atoms with van der Waals surface area (Å²) in [4.78, 5) is 10.4. The molecule has 1 heterocycles. The first kappa shape index (κ1) is 7.50. The fourth-order valence-corrected chi connectivity index (χ4v) is 1.01. The minimum Gasteiger partial charge on any atom is -0.479 e. The Kier molecular flexibility index (Phi) is 2.24. The molecule has 0 bridgehead atoms. The number of carbonyl (C=O) groups is 1. The van der Waals surface area contributed by atoms with Gasteiger partial charge in [-0.3, -0.25) is 0 Å². The molecule has 58 valence electrons. The Bertz CT molecular complexity index is 137. The molecule has 1 fully saturated rings. The van der Waals surface area contributed by atoms with Crippen molar-refractivity contribution in [1.82, 2.24) is 5.32 Å². The Labute approximate surface area is 59.2 Å². The first-order valence-electron chi connectivity index (χ1n) is 3.29. The zero-order valence-electron chi connectivity index (χ0n) is 5.83. The molecule has 0 amide bonds. The lowest BCUT2D eigenvalue weighted by molar-refractivity contribution is -0.154. The van der Waals surface area contributed by atoms with E-state index in [-0.39, 0.29) is 6.04 Å². The quantitative estimate of drug-likeness (QED) is 0.519. The molecule has 4 heteroatoms. The predicted molar refractivity (Wildman–Crippen MR) is 34.8 cm³/mol. The molecule has 2 N–H and O–H groups in total. The van der Waals surface area contributed by atoms with E-state index in [4.69, 9.17) is 9.84 Å². The van der Waals surface area contributed by atoms with Crippen LogP contribution in [-0.4, -0.2) is 36.4 Å². The summed E-state index contributed by atoms with van der Waals surface area (Å²) in [7, 11) is 0. The molecule has 4 nitrogen and oxygen atoms in total. The second kappa shape index (κ2) is 2.98. The molecule has 0 aromatic rings. The summed E-state index contributed by atoms with van der Waals surface area (Å²) >= 11 is 0. The summed E-state index contributed by atoms with van der Waals surface area (Å²) in [6.07, 6.45) is -0.672. The van der Waals surface area contributed by atoms with Crippen LogP contribution in [0.5, 0.6) is 0 Å². The van der Waals surface area contributed by atoms with Crippen LogP contribution < -0.4 is 5.32 Å². The van der Waals surface area contributed by atoms with Crippen molar-refractivity contribution in [2.24, 2.45) is 0 Å². The van der Waals surface area contributed by atoms with Crippen LogP contribution in [0.25, 0.3) is 0 Å². The van der Waals surface area contributed by atoms with E-state index in [0.717, 1.165) is 6.54 Å². The maximum absolute atomic E-state index is 10.4. The van der Waals surface area contributed by atoms with Crippen molar-refractivity contribution in [3.63, 3.8) is 0 Å². The minimum atomic E-state index is -0.889. The molecule has 0 aromatic carbocycles. The zero-order chi connectivity index (χ0) is 7.56. The van der Waals surface area contributed by atoms with Gasteiger partial charge in [-0.2, -0.15) is 0 Å². The average molecular weight is 145 g/mol. The first-order chi connectivity index (χ1) is 4.72. The summed E-state index contributed by atoms with van der Waals surface area (Å²) in [5.41, 5.74) is 0. The highest BCUT2D eigenvalue weighted by atomic mass is 16.5. The Morgan fingerprint density at radius 2 is 2.50 bits per heavy atom. The molecule has 10 heavy (non-hydrogen) atoms. The van der Waals surface area contributed by atoms with Crippen LogP contribution in [-0.2, 0) is 9.53 Å². The van der Waals surface area contributed by atoms with Crippen LogP contribution in [0, 0.1) is 0 Å². The van der Waals surface area contributed by atoms with Gasteiger partial charge in [0.25, 0.3) is 0 Å². The summed E-state index contributed by atoms with van der Waals surface area (Å²) < 4.78 is 4.99. The molecule has 1 aliphatic heterocycles. The lowest BCUT2D eigenvalue weighted by atomic mass is 10.1. The molecule has 0 spiro atoms. The van der Waals surface area contributed by atoms with E-state index >= 15 is 0 Å². The average Bonchev–Trinajstić information content (AvgIpc) is 1.88. The predicted octanol–water partition coefficient (Wildman–Crippen LogP) is -0.552. The van der Waals surface area contributed by atoms with Gasteiger partial charge < -0.3 is 15.2 Å². The summed E-state index contributed by atoms with van der Waals surface area (Å²) in [6.45, 7) is 3.03. The molecule has 1 aliphatic rings. The molecule has 0 radical (unpaired) electrons. The smallest absolute Gasteiger partial charge is 0.334 e. The van der Waals surface area contributed by atoms with Gasteiger partial charge in [-0.1, -0.05) is 0 Å². The lowest BCUT2D eigenvalue weighted by Gasteiger charge is -2.26.